The van der Waals surface area contributed by atoms with E-state index < -0.39 is 5.97 Å². The van der Waals surface area contributed by atoms with Crippen molar-refractivity contribution in [3.05, 3.63) is 87.4 Å². The number of carbonyl (C=O) groups is 2. The molecule has 192 valence electrons. The Morgan fingerprint density at radius 3 is 2.05 bits per heavy atom. The van der Waals surface area contributed by atoms with Crippen molar-refractivity contribution < 1.29 is 23.8 Å². The first kappa shape index (κ1) is 25.8. The van der Waals surface area contributed by atoms with Crippen LogP contribution in [0.1, 0.15) is 35.0 Å². The van der Waals surface area contributed by atoms with Gasteiger partial charge in [0.15, 0.2) is 11.5 Å². The molecule has 0 radical (unpaired) electrons. The van der Waals surface area contributed by atoms with Crippen LogP contribution in [0.15, 0.2) is 59.3 Å². The van der Waals surface area contributed by atoms with Crippen LogP contribution in [0.5, 0.6) is 11.5 Å². The standard InChI is InChI=1S/C30H32N2O5/c1-17-11-18(2)13-24(12-17)31-19(3)14-22(20(31)4)15-25-28(30(34)37-8)21(5)32(29(25)33)23-9-10-26(35-6)27(16-23)36-7/h9-16H,1-8H3/b25-15-. The Bertz CT molecular complexity index is 1460. The highest BCUT2D eigenvalue weighted by Crippen LogP contribution is 2.39. The monoisotopic (exact) mass is 500 g/mol. The van der Waals surface area contributed by atoms with E-state index in [0.717, 1.165) is 22.6 Å². The molecule has 7 heteroatoms. The quantitative estimate of drug-likeness (QED) is 0.325. The number of rotatable bonds is 6. The van der Waals surface area contributed by atoms with E-state index in [-0.39, 0.29) is 17.1 Å². The third-order valence-corrected chi connectivity index (χ3v) is 6.65. The molecular weight excluding hydrogens is 468 g/mol. The Morgan fingerprint density at radius 2 is 1.46 bits per heavy atom. The number of anilines is 1. The maximum atomic E-state index is 13.8. The van der Waals surface area contributed by atoms with Crippen LogP contribution in [-0.2, 0) is 14.3 Å². The molecule has 4 rings (SSSR count). The van der Waals surface area contributed by atoms with E-state index in [2.05, 4.69) is 36.6 Å². The molecule has 37 heavy (non-hydrogen) atoms. The van der Waals surface area contributed by atoms with Gasteiger partial charge in [-0.1, -0.05) is 6.07 Å². The molecule has 3 aromatic rings. The van der Waals surface area contributed by atoms with Crippen molar-refractivity contribution in [2.45, 2.75) is 34.6 Å². The lowest BCUT2D eigenvalue weighted by atomic mass is 10.0. The van der Waals surface area contributed by atoms with Gasteiger partial charge in [-0.25, -0.2) is 4.79 Å². The number of aromatic nitrogens is 1. The molecule has 0 saturated heterocycles. The number of allylic oxidation sites excluding steroid dienone is 1. The number of nitrogens with zero attached hydrogens (tertiary/aromatic N) is 2. The number of benzene rings is 2. The lowest BCUT2D eigenvalue weighted by Gasteiger charge is -2.19. The SMILES string of the molecule is COC(=O)C1=C(C)N(c2ccc(OC)c(OC)c2)C(=O)/C1=C\c1cc(C)n(-c2cc(C)cc(C)c2)c1C. The first-order chi connectivity index (χ1) is 17.6. The van der Waals surface area contributed by atoms with Crippen LogP contribution in [0.3, 0.4) is 0 Å². The van der Waals surface area contributed by atoms with Gasteiger partial charge in [0, 0.05) is 28.8 Å². The smallest absolute Gasteiger partial charge is 0.340 e. The number of hydrogen-bond donors (Lipinski definition) is 0. The number of ether oxygens (including phenoxy) is 3. The summed E-state index contributed by atoms with van der Waals surface area (Å²) in [7, 11) is 4.40. The normalized spacial score (nSPS) is 14.5. The maximum absolute atomic E-state index is 13.8. The summed E-state index contributed by atoms with van der Waals surface area (Å²) in [6.07, 6.45) is 1.78. The molecule has 0 bridgehead atoms. The van der Waals surface area contributed by atoms with Gasteiger partial charge in [-0.3, -0.25) is 9.69 Å². The second-order valence-corrected chi connectivity index (χ2v) is 9.20. The van der Waals surface area contributed by atoms with Gasteiger partial charge in [0.1, 0.15) is 0 Å². The fourth-order valence-corrected chi connectivity index (χ4v) is 5.02. The van der Waals surface area contributed by atoms with Gasteiger partial charge in [0.2, 0.25) is 0 Å². The Kier molecular flexibility index (Phi) is 6.99. The zero-order valence-electron chi connectivity index (χ0n) is 22.6. The van der Waals surface area contributed by atoms with E-state index >= 15 is 0 Å². The fraction of sp³-hybridized carbons (Fsp3) is 0.267. The van der Waals surface area contributed by atoms with Gasteiger partial charge < -0.3 is 18.8 Å². The number of aryl methyl sites for hydroxylation is 3. The molecule has 0 fully saturated rings. The predicted molar refractivity (Wildman–Crippen MR) is 144 cm³/mol. The molecule has 2 aromatic carbocycles. The Balaban J connectivity index is 1.85. The summed E-state index contributed by atoms with van der Waals surface area (Å²) in [6.45, 7) is 9.92. The zero-order chi connectivity index (χ0) is 27.0. The first-order valence-electron chi connectivity index (χ1n) is 12.0. The van der Waals surface area contributed by atoms with E-state index in [0.29, 0.717) is 22.9 Å². The van der Waals surface area contributed by atoms with Crippen molar-refractivity contribution in [3.8, 4) is 17.2 Å². The summed E-state index contributed by atoms with van der Waals surface area (Å²) in [5.74, 6) is 0.140. The summed E-state index contributed by atoms with van der Waals surface area (Å²) in [5.41, 5.74) is 7.80. The van der Waals surface area contributed by atoms with Crippen molar-refractivity contribution in [1.29, 1.82) is 0 Å². The summed E-state index contributed by atoms with van der Waals surface area (Å²) >= 11 is 0. The largest absolute Gasteiger partial charge is 0.493 e. The van der Waals surface area contributed by atoms with Crippen molar-refractivity contribution in [2.24, 2.45) is 0 Å². The lowest BCUT2D eigenvalue weighted by molar-refractivity contribution is -0.136. The average Bonchev–Trinajstić information content (AvgIpc) is 3.28. The number of amides is 1. The molecule has 0 spiro atoms. The van der Waals surface area contributed by atoms with Gasteiger partial charge in [0.05, 0.1) is 38.2 Å². The van der Waals surface area contributed by atoms with Gasteiger partial charge >= 0.3 is 5.97 Å². The summed E-state index contributed by atoms with van der Waals surface area (Å²) in [4.78, 5) is 28.2. The van der Waals surface area contributed by atoms with E-state index in [1.807, 2.05) is 19.9 Å². The van der Waals surface area contributed by atoms with Crippen molar-refractivity contribution >= 4 is 23.6 Å². The van der Waals surface area contributed by atoms with E-state index in [4.69, 9.17) is 14.2 Å². The third kappa shape index (κ3) is 4.53. The Morgan fingerprint density at radius 1 is 0.811 bits per heavy atom. The lowest BCUT2D eigenvalue weighted by Crippen LogP contribution is -2.24. The summed E-state index contributed by atoms with van der Waals surface area (Å²) in [5, 5.41) is 0. The number of esters is 1. The third-order valence-electron chi connectivity index (χ3n) is 6.65. The molecule has 0 atom stereocenters. The maximum Gasteiger partial charge on any atom is 0.340 e. The highest BCUT2D eigenvalue weighted by Gasteiger charge is 2.38. The molecule has 2 heterocycles. The predicted octanol–water partition coefficient (Wildman–Crippen LogP) is 5.61. The van der Waals surface area contributed by atoms with Crippen LogP contribution in [0.2, 0.25) is 0 Å². The van der Waals surface area contributed by atoms with Crippen molar-refractivity contribution in [2.75, 3.05) is 26.2 Å². The highest BCUT2D eigenvalue weighted by atomic mass is 16.5. The molecule has 1 aliphatic heterocycles. The molecule has 1 aromatic heterocycles. The summed E-state index contributed by atoms with van der Waals surface area (Å²) in [6, 6.07) is 13.6. The molecule has 1 amide bonds. The fourth-order valence-electron chi connectivity index (χ4n) is 5.02. The van der Waals surface area contributed by atoms with Crippen LogP contribution in [0, 0.1) is 27.7 Å². The van der Waals surface area contributed by atoms with Crippen LogP contribution < -0.4 is 14.4 Å². The first-order valence-corrected chi connectivity index (χ1v) is 12.0. The van der Waals surface area contributed by atoms with Crippen LogP contribution in [0.25, 0.3) is 11.8 Å². The van der Waals surface area contributed by atoms with Crippen molar-refractivity contribution in [3.63, 3.8) is 0 Å². The molecule has 0 saturated carbocycles. The van der Waals surface area contributed by atoms with Gasteiger partial charge in [-0.15, -0.1) is 0 Å². The topological polar surface area (TPSA) is 70.0 Å². The molecular formula is C30H32N2O5. The van der Waals surface area contributed by atoms with Crippen molar-refractivity contribution in [1.82, 2.24) is 4.57 Å². The van der Waals surface area contributed by atoms with E-state index in [1.165, 1.54) is 30.2 Å². The molecule has 0 aliphatic carbocycles. The minimum absolute atomic E-state index is 0.235. The van der Waals surface area contributed by atoms with Gasteiger partial charge in [-0.05, 0) is 87.7 Å². The van der Waals surface area contributed by atoms with Crippen LogP contribution in [0.4, 0.5) is 5.69 Å². The summed E-state index contributed by atoms with van der Waals surface area (Å²) < 4.78 is 18.0. The molecule has 1 aliphatic rings. The Hall–Kier alpha value is -4.26. The number of methoxy groups -OCH3 is 3. The number of hydrogen-bond acceptors (Lipinski definition) is 5. The van der Waals surface area contributed by atoms with Gasteiger partial charge in [0.25, 0.3) is 5.91 Å². The minimum Gasteiger partial charge on any atom is -0.493 e. The van der Waals surface area contributed by atoms with Gasteiger partial charge in [-0.2, -0.15) is 0 Å². The highest BCUT2D eigenvalue weighted by molar-refractivity contribution is 6.24. The average molecular weight is 501 g/mol. The second kappa shape index (κ2) is 10.0. The molecule has 0 N–H and O–H groups in total. The second-order valence-electron chi connectivity index (χ2n) is 9.20. The van der Waals surface area contributed by atoms with Crippen LogP contribution in [-0.4, -0.2) is 37.8 Å². The van der Waals surface area contributed by atoms with Crippen LogP contribution >= 0.6 is 0 Å². The van der Waals surface area contributed by atoms with E-state index in [9.17, 15) is 9.59 Å². The minimum atomic E-state index is -0.566. The zero-order valence-corrected chi connectivity index (χ0v) is 22.6. The van der Waals surface area contributed by atoms with E-state index in [1.54, 1.807) is 38.3 Å². The molecule has 0 unspecified atom stereocenters. The number of carbonyl (C=O) groups excluding carboxylic acids is 2. The molecule has 7 nitrogen and oxygen atoms in total. The Labute approximate surface area is 217 Å².